The fraction of sp³-hybridized carbons (Fsp3) is 0.364. The van der Waals surface area contributed by atoms with E-state index in [4.69, 9.17) is 32.5 Å². The van der Waals surface area contributed by atoms with E-state index in [0.29, 0.717) is 0 Å². The maximum atomic E-state index is 13.0. The minimum absolute atomic E-state index is 0.00822. The highest BCUT2D eigenvalue weighted by molar-refractivity contribution is 6.22. The van der Waals surface area contributed by atoms with Gasteiger partial charge in [-0.3, -0.25) is 0 Å². The van der Waals surface area contributed by atoms with Crippen molar-refractivity contribution in [3.05, 3.63) is 33.0 Å². The van der Waals surface area contributed by atoms with E-state index in [9.17, 15) is 24.9 Å². The lowest BCUT2D eigenvalue weighted by atomic mass is 10.0. The van der Waals surface area contributed by atoms with Crippen molar-refractivity contribution in [3.8, 4) is 23.0 Å². The highest BCUT2D eigenvalue weighted by atomic mass is 16.7. The molecule has 0 bridgehead atoms. The lowest BCUT2D eigenvalue weighted by Crippen LogP contribution is -2.54. The average Bonchev–Trinajstić information content (AvgIpc) is 2.83. The summed E-state index contributed by atoms with van der Waals surface area (Å²) in [4.78, 5) is 25.9. The summed E-state index contributed by atoms with van der Waals surface area (Å²) in [6.07, 6.45) is -5.86. The van der Waals surface area contributed by atoms with E-state index >= 15 is 0 Å². The number of benzene rings is 2. The molecule has 180 valence electrons. The van der Waals surface area contributed by atoms with Gasteiger partial charge in [0.2, 0.25) is 17.8 Å². The number of aliphatic hydroxyl groups excluding tert-OH is 3. The lowest BCUT2D eigenvalue weighted by Gasteiger charge is -2.35. The van der Waals surface area contributed by atoms with Gasteiger partial charge in [0.15, 0.2) is 22.7 Å². The second-order valence-electron chi connectivity index (χ2n) is 7.67. The zero-order valence-corrected chi connectivity index (χ0v) is 18.2. The van der Waals surface area contributed by atoms with E-state index in [0.717, 1.165) is 0 Å². The molecule has 12 heteroatoms. The van der Waals surface area contributed by atoms with Crippen molar-refractivity contribution in [2.75, 3.05) is 27.9 Å². The molecule has 3 N–H and O–H groups in total. The Morgan fingerprint density at radius 3 is 1.85 bits per heavy atom. The summed E-state index contributed by atoms with van der Waals surface area (Å²) in [5, 5.41) is 30.4. The number of ether oxygens (including phenoxy) is 5. The minimum Gasteiger partial charge on any atom is -0.493 e. The number of rotatable bonds is 5. The Bertz CT molecular complexity index is 1500. The first kappa shape index (κ1) is 22.2. The van der Waals surface area contributed by atoms with Crippen molar-refractivity contribution in [2.24, 2.45) is 0 Å². The van der Waals surface area contributed by atoms with Crippen molar-refractivity contribution in [1.29, 1.82) is 0 Å². The highest BCUT2D eigenvalue weighted by Gasteiger charge is 2.40. The largest absolute Gasteiger partial charge is 0.493 e. The molecule has 2 aromatic carbocycles. The lowest BCUT2D eigenvalue weighted by molar-refractivity contribution is -0.242. The van der Waals surface area contributed by atoms with Crippen LogP contribution in [-0.2, 0) is 4.74 Å². The Kier molecular flexibility index (Phi) is 5.24. The Morgan fingerprint density at radius 2 is 1.32 bits per heavy atom. The molecule has 4 atom stereocenters. The second kappa shape index (κ2) is 8.02. The van der Waals surface area contributed by atoms with Crippen LogP contribution in [0.15, 0.2) is 30.6 Å². The molecule has 3 heterocycles. The third-order valence-electron chi connectivity index (χ3n) is 5.81. The molecule has 0 spiro atoms. The van der Waals surface area contributed by atoms with E-state index in [1.165, 1.54) is 33.5 Å². The number of hydrogen-bond donors (Lipinski definition) is 3. The van der Waals surface area contributed by atoms with Crippen molar-refractivity contribution < 1.29 is 47.8 Å². The van der Waals surface area contributed by atoms with Crippen molar-refractivity contribution in [1.82, 2.24) is 0 Å². The highest BCUT2D eigenvalue weighted by Crippen LogP contribution is 2.46. The average molecular weight is 476 g/mol. The van der Waals surface area contributed by atoms with Crippen LogP contribution in [0.2, 0.25) is 0 Å². The maximum absolute atomic E-state index is 13.0. The second-order valence-corrected chi connectivity index (χ2v) is 7.67. The third-order valence-corrected chi connectivity index (χ3v) is 5.81. The number of aliphatic hydroxyl groups is 3. The molecule has 0 radical (unpaired) electrons. The van der Waals surface area contributed by atoms with E-state index in [-0.39, 0.29) is 62.3 Å². The summed E-state index contributed by atoms with van der Waals surface area (Å²) in [6, 6.07) is 2.71. The first-order chi connectivity index (χ1) is 16.3. The predicted octanol–water partition coefficient (Wildman–Crippen LogP) is 0.334. The van der Waals surface area contributed by atoms with Crippen LogP contribution in [0.3, 0.4) is 0 Å². The van der Waals surface area contributed by atoms with Crippen LogP contribution < -0.4 is 30.2 Å². The van der Waals surface area contributed by atoms with Crippen molar-refractivity contribution in [3.63, 3.8) is 0 Å². The third kappa shape index (κ3) is 3.07. The summed E-state index contributed by atoms with van der Waals surface area (Å²) in [6.45, 7) is -0.307. The van der Waals surface area contributed by atoms with Gasteiger partial charge in [0.1, 0.15) is 18.3 Å². The smallest absolute Gasteiger partial charge is 0.344 e. The molecule has 0 amide bonds. The Balaban J connectivity index is 1.81. The summed E-state index contributed by atoms with van der Waals surface area (Å²) in [5.74, 6) is 0.0982. The van der Waals surface area contributed by atoms with Crippen LogP contribution in [-0.4, -0.2) is 67.9 Å². The molecule has 5 rings (SSSR count). The van der Waals surface area contributed by atoms with Gasteiger partial charge in [-0.05, 0) is 12.1 Å². The van der Waals surface area contributed by atoms with E-state index in [1.807, 2.05) is 0 Å². The van der Waals surface area contributed by atoms with E-state index in [2.05, 4.69) is 0 Å². The van der Waals surface area contributed by atoms with Crippen molar-refractivity contribution in [2.45, 2.75) is 24.6 Å². The standard InChI is InChI=1S/C22H20O12/c1-28-10-4-7-12-13-8(21(27)33-18(12)16(10)29-2)5-11(17(30-3)19(13)34-20(7)26)32-22-15(25)14(24)9(23)6-31-22/h4-5,9,14-15,22-25H,6H2,1-3H3/t9-,14+,15-,22+/m1/s1. The maximum Gasteiger partial charge on any atom is 0.344 e. The molecule has 1 saturated heterocycles. The predicted molar refractivity (Wildman–Crippen MR) is 115 cm³/mol. The zero-order chi connectivity index (χ0) is 24.3. The molecule has 0 saturated carbocycles. The minimum atomic E-state index is -1.61. The van der Waals surface area contributed by atoms with Gasteiger partial charge in [-0.1, -0.05) is 0 Å². The van der Waals surface area contributed by atoms with Crippen LogP contribution in [0.1, 0.15) is 0 Å². The zero-order valence-electron chi connectivity index (χ0n) is 18.2. The molecule has 1 fully saturated rings. The van der Waals surface area contributed by atoms with Crippen molar-refractivity contribution >= 4 is 32.7 Å². The van der Waals surface area contributed by atoms with Crippen LogP contribution in [0.25, 0.3) is 32.7 Å². The molecule has 1 aliphatic rings. The molecule has 2 aromatic heterocycles. The normalized spacial score (nSPS) is 23.0. The van der Waals surface area contributed by atoms with Gasteiger partial charge in [0.25, 0.3) is 0 Å². The molecule has 4 aromatic rings. The van der Waals surface area contributed by atoms with Gasteiger partial charge >= 0.3 is 11.3 Å². The molecular weight excluding hydrogens is 456 g/mol. The molecular formula is C22H20O12. The van der Waals surface area contributed by atoms with Gasteiger partial charge < -0.3 is 47.8 Å². The van der Waals surface area contributed by atoms with Crippen LogP contribution in [0, 0.1) is 0 Å². The molecule has 34 heavy (non-hydrogen) atoms. The molecule has 0 aliphatic carbocycles. The Morgan fingerprint density at radius 1 is 0.794 bits per heavy atom. The summed E-state index contributed by atoms with van der Waals surface area (Å²) < 4.78 is 38.0. The molecule has 0 unspecified atom stereocenters. The monoisotopic (exact) mass is 476 g/mol. The number of hydrogen-bond acceptors (Lipinski definition) is 12. The number of methoxy groups -OCH3 is 3. The summed E-state index contributed by atoms with van der Waals surface area (Å²) in [7, 11) is 4.03. The van der Waals surface area contributed by atoms with Gasteiger partial charge in [0, 0.05) is 10.8 Å². The van der Waals surface area contributed by atoms with Gasteiger partial charge in [-0.25, -0.2) is 9.59 Å². The Hall–Kier alpha value is -3.58. The first-order valence-corrected chi connectivity index (χ1v) is 10.1. The summed E-state index contributed by atoms with van der Waals surface area (Å²) >= 11 is 0. The van der Waals surface area contributed by atoms with Gasteiger partial charge in [-0.15, -0.1) is 0 Å². The van der Waals surface area contributed by atoms with E-state index in [1.54, 1.807) is 0 Å². The van der Waals surface area contributed by atoms with Crippen LogP contribution in [0.5, 0.6) is 23.0 Å². The van der Waals surface area contributed by atoms with Gasteiger partial charge in [-0.2, -0.15) is 0 Å². The van der Waals surface area contributed by atoms with E-state index < -0.39 is 35.9 Å². The Labute approximate surface area is 189 Å². The molecule has 12 nitrogen and oxygen atoms in total. The quantitative estimate of drug-likeness (QED) is 0.267. The molecule has 1 aliphatic heterocycles. The summed E-state index contributed by atoms with van der Waals surface area (Å²) in [5.41, 5.74) is -1.68. The fourth-order valence-corrected chi connectivity index (χ4v) is 4.18. The van der Waals surface area contributed by atoms with Gasteiger partial charge in [0.05, 0.1) is 38.7 Å². The van der Waals surface area contributed by atoms with Crippen LogP contribution >= 0.6 is 0 Å². The fourth-order valence-electron chi connectivity index (χ4n) is 4.18. The van der Waals surface area contributed by atoms with Crippen LogP contribution in [0.4, 0.5) is 0 Å². The topological polar surface area (TPSA) is 167 Å². The first-order valence-electron chi connectivity index (χ1n) is 10.1. The SMILES string of the molecule is COc1cc2c(=O)oc3c(OC)c(O[C@@H]4OC[C@@H](O)[C@H](O)[C@H]4O)cc4c(=O)oc(c1OC)c2c34.